The smallest absolute Gasteiger partial charge is 0.350 e. The molecule has 0 fully saturated rings. The van der Waals surface area contributed by atoms with Crippen molar-refractivity contribution in [1.82, 2.24) is 25.0 Å². The summed E-state index contributed by atoms with van der Waals surface area (Å²) in [5.41, 5.74) is 0.928. The van der Waals surface area contributed by atoms with Crippen molar-refractivity contribution in [2.24, 2.45) is 0 Å². The van der Waals surface area contributed by atoms with Gasteiger partial charge in [-0.15, -0.1) is 0 Å². The van der Waals surface area contributed by atoms with Crippen LogP contribution in [0.5, 0.6) is 0 Å². The topological polar surface area (TPSA) is 63.1 Å². The first-order valence-electron chi connectivity index (χ1n) is 10.3. The highest BCUT2D eigenvalue weighted by Gasteiger charge is 2.31. The molecule has 2 aromatic heterocycles. The molecule has 0 aliphatic heterocycles. The van der Waals surface area contributed by atoms with Crippen LogP contribution >= 0.6 is 11.6 Å². The third kappa shape index (κ3) is 5.54. The van der Waals surface area contributed by atoms with E-state index < -0.39 is 11.7 Å². The summed E-state index contributed by atoms with van der Waals surface area (Å²) in [5.74, 6) is -0.269. The molecule has 1 unspecified atom stereocenters. The third-order valence-corrected chi connectivity index (χ3v) is 5.58. The lowest BCUT2D eigenvalue weighted by atomic mass is 10.0. The van der Waals surface area contributed by atoms with Crippen LogP contribution in [0.4, 0.5) is 13.2 Å². The molecular weight excluding hydrogens is 455 g/mol. The van der Waals surface area contributed by atoms with E-state index in [9.17, 15) is 18.0 Å². The molecule has 6 nitrogen and oxygen atoms in total. The standard InChI is InChI=1S/C23H25ClF3N5O/c1-14(2)21-17(12-30-32(21)20-10-9-15(11-28-20)23(25,26)27)22(33)29-13-19(31(3)4)16-7-5-6-8-18(16)24/h5-12,14,19H,13H2,1-4H3,(H,29,33). The lowest BCUT2D eigenvalue weighted by Crippen LogP contribution is -2.35. The number of rotatable bonds is 7. The molecule has 1 N–H and O–H groups in total. The molecule has 2 heterocycles. The molecule has 1 aromatic carbocycles. The molecule has 0 saturated heterocycles. The maximum atomic E-state index is 13.1. The first kappa shape index (κ1) is 24.7. The molecule has 0 radical (unpaired) electrons. The number of hydrogen-bond donors (Lipinski definition) is 1. The number of halogens is 4. The Morgan fingerprint density at radius 2 is 1.85 bits per heavy atom. The minimum absolute atomic E-state index is 0.134. The Labute approximate surface area is 195 Å². The van der Waals surface area contributed by atoms with Gasteiger partial charge in [-0.05, 0) is 43.8 Å². The van der Waals surface area contributed by atoms with Crippen LogP contribution < -0.4 is 5.32 Å². The highest BCUT2D eigenvalue weighted by Crippen LogP contribution is 2.30. The quantitative estimate of drug-likeness (QED) is 0.512. The number of hydrogen-bond acceptors (Lipinski definition) is 4. The second kappa shape index (κ2) is 9.93. The number of amides is 1. The zero-order valence-corrected chi connectivity index (χ0v) is 19.4. The summed E-state index contributed by atoms with van der Waals surface area (Å²) >= 11 is 6.34. The number of aromatic nitrogens is 3. The first-order chi connectivity index (χ1) is 15.5. The lowest BCUT2D eigenvalue weighted by molar-refractivity contribution is -0.137. The Bertz CT molecular complexity index is 1110. The highest BCUT2D eigenvalue weighted by molar-refractivity contribution is 6.31. The Kier molecular flexibility index (Phi) is 7.44. The monoisotopic (exact) mass is 479 g/mol. The van der Waals surface area contributed by atoms with Crippen LogP contribution in [0, 0.1) is 0 Å². The van der Waals surface area contributed by atoms with Gasteiger partial charge in [0.05, 0.1) is 29.1 Å². The van der Waals surface area contributed by atoms with Crippen LogP contribution in [0.25, 0.3) is 5.82 Å². The van der Waals surface area contributed by atoms with Crippen molar-refractivity contribution >= 4 is 17.5 Å². The van der Waals surface area contributed by atoms with E-state index >= 15 is 0 Å². The van der Waals surface area contributed by atoms with Crippen molar-refractivity contribution in [3.05, 3.63) is 76.2 Å². The lowest BCUT2D eigenvalue weighted by Gasteiger charge is -2.26. The number of nitrogens with one attached hydrogen (secondary N) is 1. The maximum Gasteiger partial charge on any atom is 0.417 e. The SMILES string of the molecule is CC(C)c1c(C(=O)NCC(c2ccccc2Cl)N(C)C)cnn1-c1ccc(C(F)(F)F)cn1. The second-order valence-electron chi connectivity index (χ2n) is 8.12. The first-order valence-corrected chi connectivity index (χ1v) is 10.7. The Morgan fingerprint density at radius 3 is 2.39 bits per heavy atom. The molecule has 3 aromatic rings. The average molecular weight is 480 g/mol. The Balaban J connectivity index is 1.85. The van der Waals surface area contributed by atoms with Gasteiger partial charge in [-0.1, -0.05) is 43.6 Å². The minimum Gasteiger partial charge on any atom is -0.350 e. The van der Waals surface area contributed by atoms with Crippen molar-refractivity contribution in [2.45, 2.75) is 32.0 Å². The van der Waals surface area contributed by atoms with E-state index in [1.807, 2.05) is 51.0 Å². The zero-order valence-electron chi connectivity index (χ0n) is 18.7. The minimum atomic E-state index is -4.48. The van der Waals surface area contributed by atoms with Gasteiger partial charge in [0, 0.05) is 17.8 Å². The normalized spacial score (nSPS) is 12.9. The van der Waals surface area contributed by atoms with Crippen molar-refractivity contribution in [2.75, 3.05) is 20.6 Å². The largest absolute Gasteiger partial charge is 0.417 e. The van der Waals surface area contributed by atoms with Crippen LogP contribution in [0.1, 0.15) is 53.0 Å². The summed E-state index contributed by atoms with van der Waals surface area (Å²) in [6.45, 7) is 4.05. The molecule has 0 aliphatic carbocycles. The van der Waals surface area contributed by atoms with Gasteiger partial charge >= 0.3 is 6.18 Å². The van der Waals surface area contributed by atoms with E-state index in [0.717, 1.165) is 17.8 Å². The van der Waals surface area contributed by atoms with Gasteiger partial charge in [-0.25, -0.2) is 9.67 Å². The van der Waals surface area contributed by atoms with Crippen molar-refractivity contribution in [1.29, 1.82) is 0 Å². The second-order valence-corrected chi connectivity index (χ2v) is 8.53. The molecule has 1 amide bonds. The summed E-state index contributed by atoms with van der Waals surface area (Å²) in [7, 11) is 3.79. The van der Waals surface area contributed by atoms with Gasteiger partial charge in [-0.3, -0.25) is 4.79 Å². The van der Waals surface area contributed by atoms with Crippen LogP contribution in [-0.2, 0) is 6.18 Å². The predicted molar refractivity (Wildman–Crippen MR) is 121 cm³/mol. The number of benzene rings is 1. The van der Waals surface area contributed by atoms with Crippen molar-refractivity contribution in [3.8, 4) is 5.82 Å². The summed E-state index contributed by atoms with van der Waals surface area (Å²) in [4.78, 5) is 18.9. The van der Waals surface area contributed by atoms with E-state index in [4.69, 9.17) is 11.6 Å². The van der Waals surface area contributed by atoms with Gasteiger partial charge < -0.3 is 10.2 Å². The van der Waals surface area contributed by atoms with E-state index in [-0.39, 0.29) is 23.7 Å². The molecule has 10 heteroatoms. The van der Waals surface area contributed by atoms with Gasteiger partial charge in [0.15, 0.2) is 5.82 Å². The number of carbonyl (C=O) groups is 1. The summed E-state index contributed by atoms with van der Waals surface area (Å²) in [5, 5.41) is 7.78. The van der Waals surface area contributed by atoms with E-state index in [1.165, 1.54) is 16.9 Å². The van der Waals surface area contributed by atoms with Gasteiger partial charge in [0.25, 0.3) is 5.91 Å². The Morgan fingerprint density at radius 1 is 1.15 bits per heavy atom. The average Bonchev–Trinajstić information content (AvgIpc) is 3.20. The molecule has 0 bridgehead atoms. The van der Waals surface area contributed by atoms with Gasteiger partial charge in [0.2, 0.25) is 0 Å². The number of nitrogens with zero attached hydrogens (tertiary/aromatic N) is 4. The summed E-state index contributed by atoms with van der Waals surface area (Å²) < 4.78 is 40.0. The highest BCUT2D eigenvalue weighted by atomic mass is 35.5. The van der Waals surface area contributed by atoms with Crippen LogP contribution in [0.15, 0.2) is 48.8 Å². The van der Waals surface area contributed by atoms with E-state index in [0.29, 0.717) is 22.8 Å². The number of carbonyl (C=O) groups excluding carboxylic acids is 1. The Hall–Kier alpha value is -2.91. The number of pyridine rings is 1. The van der Waals surface area contributed by atoms with Crippen LogP contribution in [0.3, 0.4) is 0 Å². The van der Waals surface area contributed by atoms with E-state index in [2.05, 4.69) is 15.4 Å². The van der Waals surface area contributed by atoms with Crippen molar-refractivity contribution < 1.29 is 18.0 Å². The number of likely N-dealkylation sites (N-methyl/N-ethyl adjacent to an activating group) is 1. The van der Waals surface area contributed by atoms with Crippen LogP contribution in [0.2, 0.25) is 5.02 Å². The number of alkyl halides is 3. The predicted octanol–water partition coefficient (Wildman–Crippen LogP) is 5.10. The fraction of sp³-hybridized carbons (Fsp3) is 0.348. The van der Waals surface area contributed by atoms with E-state index in [1.54, 1.807) is 6.07 Å². The third-order valence-electron chi connectivity index (χ3n) is 5.23. The van der Waals surface area contributed by atoms with Crippen molar-refractivity contribution in [3.63, 3.8) is 0 Å². The molecule has 3 rings (SSSR count). The summed E-state index contributed by atoms with van der Waals surface area (Å²) in [6.07, 6.45) is -2.32. The molecule has 1 atom stereocenters. The summed E-state index contributed by atoms with van der Waals surface area (Å²) in [6, 6.07) is 9.46. The molecular formula is C23H25ClF3N5O. The molecule has 0 spiro atoms. The molecule has 0 saturated carbocycles. The molecule has 176 valence electrons. The molecule has 33 heavy (non-hydrogen) atoms. The van der Waals surface area contributed by atoms with Crippen LogP contribution in [-0.4, -0.2) is 46.2 Å². The maximum absolute atomic E-state index is 13.1. The fourth-order valence-corrected chi connectivity index (χ4v) is 3.81. The van der Waals surface area contributed by atoms with Gasteiger partial charge in [0.1, 0.15) is 0 Å². The fourth-order valence-electron chi connectivity index (χ4n) is 3.55. The molecule has 0 aliphatic rings. The zero-order chi connectivity index (χ0) is 24.3. The van der Waals surface area contributed by atoms with Gasteiger partial charge in [-0.2, -0.15) is 18.3 Å².